The van der Waals surface area contributed by atoms with Crippen molar-refractivity contribution >= 4 is 6.09 Å². The number of alkyl carbamates (subject to hydrolysis) is 1. The molecular formula is C20H25NO3. The maximum atomic E-state index is 12.2. The minimum absolute atomic E-state index is 0.233. The number of nitrogens with one attached hydrogen (secondary N) is 1. The second kappa shape index (κ2) is 7.97. The second-order valence-electron chi connectivity index (χ2n) is 6.80. The molecule has 128 valence electrons. The lowest BCUT2D eigenvalue weighted by molar-refractivity contribution is 0.0446. The van der Waals surface area contributed by atoms with E-state index in [4.69, 9.17) is 4.74 Å². The fraction of sp³-hybridized carbons (Fsp3) is 0.350. The normalized spacial score (nSPS) is 12.7. The third-order valence-electron chi connectivity index (χ3n) is 3.60. The molecule has 0 heterocycles. The van der Waals surface area contributed by atoms with Gasteiger partial charge in [-0.05, 0) is 31.9 Å². The lowest BCUT2D eigenvalue weighted by atomic mass is 9.87. The van der Waals surface area contributed by atoms with Gasteiger partial charge in [-0.1, -0.05) is 60.7 Å². The zero-order chi connectivity index (χ0) is 17.6. The minimum Gasteiger partial charge on any atom is -0.443 e. The summed E-state index contributed by atoms with van der Waals surface area (Å²) in [6, 6.07) is 19.5. The van der Waals surface area contributed by atoms with Gasteiger partial charge in [0.15, 0.2) is 0 Å². The molecule has 0 aliphatic heterocycles. The monoisotopic (exact) mass is 327 g/mol. The molecule has 0 saturated heterocycles. The summed E-state index contributed by atoms with van der Waals surface area (Å²) >= 11 is 0. The van der Waals surface area contributed by atoms with Gasteiger partial charge in [0.2, 0.25) is 0 Å². The first-order valence-electron chi connectivity index (χ1n) is 8.10. The van der Waals surface area contributed by atoms with Crippen molar-refractivity contribution in [3.63, 3.8) is 0 Å². The van der Waals surface area contributed by atoms with E-state index in [0.29, 0.717) is 0 Å². The molecule has 0 radical (unpaired) electrons. The highest BCUT2D eigenvalue weighted by molar-refractivity contribution is 5.68. The fourth-order valence-corrected chi connectivity index (χ4v) is 2.63. The standard InChI is InChI=1S/C20H25NO3/c1-20(2,3)21-19(23)24-17(14-22)18(15-10-6-4-7-11-15)16-12-8-5-9-13-16/h4-13,17-18,22H,14H2,1-3H3,(H,21,23). The summed E-state index contributed by atoms with van der Waals surface area (Å²) in [6.45, 7) is 5.39. The summed E-state index contributed by atoms with van der Waals surface area (Å²) in [4.78, 5) is 12.2. The summed E-state index contributed by atoms with van der Waals surface area (Å²) in [5.41, 5.74) is 1.59. The fourth-order valence-electron chi connectivity index (χ4n) is 2.63. The highest BCUT2D eigenvalue weighted by atomic mass is 16.6. The molecule has 2 aromatic carbocycles. The number of carbonyl (C=O) groups is 1. The summed E-state index contributed by atoms with van der Waals surface area (Å²) in [6.07, 6.45) is -1.20. The Morgan fingerprint density at radius 2 is 1.46 bits per heavy atom. The zero-order valence-electron chi connectivity index (χ0n) is 14.4. The molecule has 4 heteroatoms. The van der Waals surface area contributed by atoms with Gasteiger partial charge in [-0.2, -0.15) is 0 Å². The van der Waals surface area contributed by atoms with Crippen molar-refractivity contribution in [1.29, 1.82) is 0 Å². The molecule has 1 amide bonds. The SMILES string of the molecule is CC(C)(C)NC(=O)OC(CO)C(c1ccccc1)c1ccccc1. The highest BCUT2D eigenvalue weighted by Gasteiger charge is 2.28. The molecule has 0 aliphatic carbocycles. The van der Waals surface area contributed by atoms with Crippen molar-refractivity contribution in [2.24, 2.45) is 0 Å². The van der Waals surface area contributed by atoms with E-state index in [9.17, 15) is 9.90 Å². The average molecular weight is 327 g/mol. The lowest BCUT2D eigenvalue weighted by Gasteiger charge is -2.28. The van der Waals surface area contributed by atoms with E-state index < -0.39 is 17.7 Å². The Hall–Kier alpha value is -2.33. The number of aliphatic hydroxyl groups excluding tert-OH is 1. The number of carbonyl (C=O) groups excluding carboxylic acids is 1. The third-order valence-corrected chi connectivity index (χ3v) is 3.60. The third kappa shape index (κ3) is 5.10. The van der Waals surface area contributed by atoms with Crippen LogP contribution in [0.3, 0.4) is 0 Å². The summed E-state index contributed by atoms with van der Waals surface area (Å²) in [5, 5.41) is 12.6. The van der Waals surface area contributed by atoms with Crippen LogP contribution in [0.15, 0.2) is 60.7 Å². The topological polar surface area (TPSA) is 58.6 Å². The zero-order valence-corrected chi connectivity index (χ0v) is 14.4. The molecule has 24 heavy (non-hydrogen) atoms. The first-order valence-corrected chi connectivity index (χ1v) is 8.10. The van der Waals surface area contributed by atoms with Gasteiger partial charge < -0.3 is 15.2 Å². The van der Waals surface area contributed by atoms with Crippen LogP contribution in [0.4, 0.5) is 4.79 Å². The number of hydrogen-bond acceptors (Lipinski definition) is 3. The average Bonchev–Trinajstić information content (AvgIpc) is 2.54. The smallest absolute Gasteiger partial charge is 0.407 e. The number of ether oxygens (including phenoxy) is 1. The number of rotatable bonds is 5. The van der Waals surface area contributed by atoms with Crippen LogP contribution in [0, 0.1) is 0 Å². The van der Waals surface area contributed by atoms with Gasteiger partial charge in [-0.25, -0.2) is 4.79 Å². The van der Waals surface area contributed by atoms with E-state index in [1.807, 2.05) is 81.4 Å². The minimum atomic E-state index is -0.669. The van der Waals surface area contributed by atoms with Crippen molar-refractivity contribution in [3.05, 3.63) is 71.8 Å². The quantitative estimate of drug-likeness (QED) is 0.880. The Bertz CT molecular complexity index is 595. The molecule has 0 aliphatic rings. The molecule has 1 atom stereocenters. The first-order chi connectivity index (χ1) is 11.4. The van der Waals surface area contributed by atoms with Gasteiger partial charge in [0.05, 0.1) is 6.61 Å². The molecule has 2 N–H and O–H groups in total. The summed E-state index contributed by atoms with van der Waals surface area (Å²) < 4.78 is 5.55. The van der Waals surface area contributed by atoms with E-state index in [-0.39, 0.29) is 12.5 Å². The van der Waals surface area contributed by atoms with E-state index >= 15 is 0 Å². The predicted molar refractivity (Wildman–Crippen MR) is 95.0 cm³/mol. The molecule has 0 saturated carbocycles. The molecule has 2 aromatic rings. The first kappa shape index (κ1) is 18.0. The van der Waals surface area contributed by atoms with Gasteiger partial charge >= 0.3 is 6.09 Å². The molecule has 1 unspecified atom stereocenters. The Morgan fingerprint density at radius 1 is 1.00 bits per heavy atom. The van der Waals surface area contributed by atoms with Gasteiger partial charge in [-0.3, -0.25) is 0 Å². The maximum Gasteiger partial charge on any atom is 0.407 e. The van der Waals surface area contributed by atoms with E-state index in [0.717, 1.165) is 11.1 Å². The number of hydrogen-bond donors (Lipinski definition) is 2. The largest absolute Gasteiger partial charge is 0.443 e. The van der Waals surface area contributed by atoms with Gasteiger partial charge in [-0.15, -0.1) is 0 Å². The molecular weight excluding hydrogens is 302 g/mol. The second-order valence-corrected chi connectivity index (χ2v) is 6.80. The van der Waals surface area contributed by atoms with Crippen LogP contribution in [0.5, 0.6) is 0 Å². The van der Waals surface area contributed by atoms with Gasteiger partial charge in [0, 0.05) is 11.5 Å². The Labute approximate surface area is 143 Å². The molecule has 0 spiro atoms. The molecule has 0 fully saturated rings. The molecule has 0 aromatic heterocycles. The van der Waals surface area contributed by atoms with Gasteiger partial charge in [0.1, 0.15) is 6.10 Å². The van der Waals surface area contributed by atoms with E-state index in [1.165, 1.54) is 0 Å². The Kier molecular flexibility index (Phi) is 5.99. The van der Waals surface area contributed by atoms with Crippen molar-refractivity contribution < 1.29 is 14.6 Å². The van der Waals surface area contributed by atoms with Crippen molar-refractivity contribution in [3.8, 4) is 0 Å². The van der Waals surface area contributed by atoms with Crippen LogP contribution in [0.2, 0.25) is 0 Å². The van der Waals surface area contributed by atoms with Gasteiger partial charge in [0.25, 0.3) is 0 Å². The molecule has 2 rings (SSSR count). The molecule has 0 bridgehead atoms. The number of benzene rings is 2. The van der Waals surface area contributed by atoms with Crippen LogP contribution in [-0.2, 0) is 4.74 Å². The lowest BCUT2D eigenvalue weighted by Crippen LogP contribution is -2.43. The Balaban J connectivity index is 2.29. The van der Waals surface area contributed by atoms with E-state index in [1.54, 1.807) is 0 Å². The summed E-state index contributed by atoms with van der Waals surface area (Å²) in [7, 11) is 0. The maximum absolute atomic E-state index is 12.2. The molecule has 4 nitrogen and oxygen atoms in total. The summed E-state index contributed by atoms with van der Waals surface area (Å²) in [5.74, 6) is -0.233. The number of aliphatic hydroxyl groups is 1. The number of amides is 1. The van der Waals surface area contributed by atoms with Crippen LogP contribution < -0.4 is 5.32 Å². The van der Waals surface area contributed by atoms with Crippen LogP contribution in [-0.4, -0.2) is 29.4 Å². The highest BCUT2D eigenvalue weighted by Crippen LogP contribution is 2.29. The van der Waals surface area contributed by atoms with Crippen LogP contribution >= 0.6 is 0 Å². The van der Waals surface area contributed by atoms with Crippen LogP contribution in [0.25, 0.3) is 0 Å². The van der Waals surface area contributed by atoms with Crippen molar-refractivity contribution in [2.75, 3.05) is 6.61 Å². The van der Waals surface area contributed by atoms with E-state index in [2.05, 4.69) is 5.32 Å². The Morgan fingerprint density at radius 3 is 1.83 bits per heavy atom. The van der Waals surface area contributed by atoms with Crippen molar-refractivity contribution in [1.82, 2.24) is 5.32 Å². The van der Waals surface area contributed by atoms with Crippen LogP contribution in [0.1, 0.15) is 37.8 Å². The predicted octanol–water partition coefficient (Wildman–Crippen LogP) is 3.70. The van der Waals surface area contributed by atoms with Crippen molar-refractivity contribution in [2.45, 2.75) is 38.3 Å².